The van der Waals surface area contributed by atoms with Gasteiger partial charge in [0.15, 0.2) is 0 Å². The Bertz CT molecular complexity index is 568. The quantitative estimate of drug-likeness (QED) is 0.443. The van der Waals surface area contributed by atoms with Crippen LogP contribution in [0.4, 0.5) is 0 Å². The molecular formula is C15H13IO2S. The third kappa shape index (κ3) is 4.80. The van der Waals surface area contributed by atoms with E-state index in [2.05, 4.69) is 37.1 Å². The SMILES string of the molecule is COC(=O)/C=C/c1ccc(SC2=CC=IC=C2)cc1. The molecule has 4 heteroatoms. The Morgan fingerprint density at radius 2 is 2.11 bits per heavy atom. The van der Waals surface area contributed by atoms with Gasteiger partial charge in [-0.1, -0.05) is 44.6 Å². The van der Waals surface area contributed by atoms with E-state index in [1.807, 2.05) is 12.1 Å². The molecule has 0 radical (unpaired) electrons. The number of benzene rings is 1. The lowest BCUT2D eigenvalue weighted by Gasteiger charge is -2.03. The minimum Gasteiger partial charge on any atom is -0.466 e. The van der Waals surface area contributed by atoms with E-state index in [9.17, 15) is 4.79 Å². The normalized spacial score (nSPS) is 14.1. The van der Waals surface area contributed by atoms with Gasteiger partial charge in [-0.3, -0.25) is 0 Å². The van der Waals surface area contributed by atoms with Crippen molar-refractivity contribution >= 4 is 48.5 Å². The number of allylic oxidation sites excluding steroid dienone is 2. The maximum absolute atomic E-state index is 11.0. The van der Waals surface area contributed by atoms with E-state index in [0.29, 0.717) is 0 Å². The molecule has 0 saturated heterocycles. The molecule has 0 aromatic heterocycles. The Labute approximate surface area is 127 Å². The van der Waals surface area contributed by atoms with Crippen molar-refractivity contribution in [3.63, 3.8) is 0 Å². The molecule has 19 heavy (non-hydrogen) atoms. The standard InChI is InChI=1S/C15H13IO2S/c1-18-15(17)7-4-12-2-5-13(6-3-12)19-14-8-10-16-11-9-14/h2-11H,1H3/b7-4+. The zero-order valence-electron chi connectivity index (χ0n) is 10.4. The fourth-order valence-electron chi connectivity index (χ4n) is 1.38. The molecule has 1 aromatic rings. The average Bonchev–Trinajstić information content (AvgIpc) is 2.47. The third-order valence-electron chi connectivity index (χ3n) is 2.33. The van der Waals surface area contributed by atoms with Crippen molar-refractivity contribution in [2.45, 2.75) is 4.90 Å². The summed E-state index contributed by atoms with van der Waals surface area (Å²) in [5.41, 5.74) is 0.986. The van der Waals surface area contributed by atoms with Gasteiger partial charge in [-0.05, 0) is 44.0 Å². The molecule has 1 heterocycles. The predicted molar refractivity (Wildman–Crippen MR) is 90.7 cm³/mol. The molecular weight excluding hydrogens is 371 g/mol. The van der Waals surface area contributed by atoms with Crippen LogP contribution in [0.15, 0.2) is 56.4 Å². The molecule has 0 aliphatic carbocycles. The molecule has 0 bridgehead atoms. The molecule has 0 fully saturated rings. The Morgan fingerprint density at radius 3 is 2.74 bits per heavy atom. The van der Waals surface area contributed by atoms with Crippen LogP contribution in [0.25, 0.3) is 6.08 Å². The molecule has 0 spiro atoms. The van der Waals surface area contributed by atoms with Crippen molar-refractivity contribution in [2.75, 3.05) is 7.11 Å². The molecule has 0 amide bonds. The van der Waals surface area contributed by atoms with Gasteiger partial charge < -0.3 is 4.74 Å². The van der Waals surface area contributed by atoms with E-state index >= 15 is 0 Å². The first-order chi connectivity index (χ1) is 9.28. The number of rotatable bonds is 4. The van der Waals surface area contributed by atoms with Crippen molar-refractivity contribution in [3.05, 3.63) is 57.0 Å². The lowest BCUT2D eigenvalue weighted by molar-refractivity contribution is -0.134. The maximum Gasteiger partial charge on any atom is 0.330 e. The first-order valence-electron chi connectivity index (χ1n) is 5.64. The first-order valence-corrected chi connectivity index (χ1v) is 8.95. The lowest BCUT2D eigenvalue weighted by Crippen LogP contribution is -1.93. The van der Waals surface area contributed by atoms with Gasteiger partial charge in [0.25, 0.3) is 0 Å². The van der Waals surface area contributed by atoms with E-state index in [4.69, 9.17) is 0 Å². The van der Waals surface area contributed by atoms with Gasteiger partial charge >= 0.3 is 5.97 Å². The van der Waals surface area contributed by atoms with Gasteiger partial charge in [-0.15, -0.1) is 0 Å². The van der Waals surface area contributed by atoms with E-state index in [1.54, 1.807) is 17.8 Å². The predicted octanol–water partition coefficient (Wildman–Crippen LogP) is 4.15. The number of halogens is 1. The topological polar surface area (TPSA) is 26.3 Å². The molecule has 1 aromatic carbocycles. The Morgan fingerprint density at radius 1 is 1.32 bits per heavy atom. The summed E-state index contributed by atoms with van der Waals surface area (Å²) in [6.45, 7) is 0. The summed E-state index contributed by atoms with van der Waals surface area (Å²) in [5.74, 6) is -0.338. The highest BCUT2D eigenvalue weighted by atomic mass is 127. The second-order valence-electron chi connectivity index (χ2n) is 3.64. The van der Waals surface area contributed by atoms with Crippen LogP contribution in [0.3, 0.4) is 0 Å². The number of carbonyl (C=O) groups is 1. The summed E-state index contributed by atoms with van der Waals surface area (Å²) < 4.78 is 9.07. The highest BCUT2D eigenvalue weighted by Gasteiger charge is 1.99. The van der Waals surface area contributed by atoms with Gasteiger partial charge in [0, 0.05) is 15.9 Å². The van der Waals surface area contributed by atoms with Crippen LogP contribution in [-0.2, 0) is 9.53 Å². The van der Waals surface area contributed by atoms with Crippen LogP contribution in [-0.4, -0.2) is 17.1 Å². The van der Waals surface area contributed by atoms with E-state index in [0.717, 1.165) is 5.56 Å². The van der Waals surface area contributed by atoms with Crippen LogP contribution in [0.5, 0.6) is 0 Å². The number of carbonyl (C=O) groups excluding carboxylic acids is 1. The smallest absolute Gasteiger partial charge is 0.330 e. The molecule has 2 nitrogen and oxygen atoms in total. The maximum atomic E-state index is 11.0. The van der Waals surface area contributed by atoms with Gasteiger partial charge in [0.1, 0.15) is 0 Å². The molecule has 1 aliphatic rings. The van der Waals surface area contributed by atoms with Crippen molar-refractivity contribution in [2.24, 2.45) is 0 Å². The highest BCUT2D eigenvalue weighted by Crippen LogP contribution is 2.29. The summed E-state index contributed by atoms with van der Waals surface area (Å²) in [4.78, 5) is 13.4. The van der Waals surface area contributed by atoms with E-state index in [-0.39, 0.29) is 26.7 Å². The minimum absolute atomic E-state index is 0.144. The summed E-state index contributed by atoms with van der Waals surface area (Å²) in [6.07, 6.45) is 7.54. The van der Waals surface area contributed by atoms with Crippen molar-refractivity contribution in [1.82, 2.24) is 0 Å². The molecule has 2 rings (SSSR count). The fourth-order valence-corrected chi connectivity index (χ4v) is 4.11. The van der Waals surface area contributed by atoms with Gasteiger partial charge in [-0.2, -0.15) is 0 Å². The van der Waals surface area contributed by atoms with Crippen LogP contribution in [0.1, 0.15) is 5.56 Å². The zero-order chi connectivity index (χ0) is 13.5. The van der Waals surface area contributed by atoms with E-state index in [1.165, 1.54) is 23.0 Å². The van der Waals surface area contributed by atoms with Crippen molar-refractivity contribution in [1.29, 1.82) is 0 Å². The van der Waals surface area contributed by atoms with Gasteiger partial charge in [-0.25, -0.2) is 4.79 Å². The monoisotopic (exact) mass is 384 g/mol. The van der Waals surface area contributed by atoms with Crippen LogP contribution < -0.4 is 0 Å². The largest absolute Gasteiger partial charge is 0.466 e. The van der Waals surface area contributed by atoms with E-state index < -0.39 is 0 Å². The highest BCUT2D eigenvalue weighted by molar-refractivity contribution is 14.2. The van der Waals surface area contributed by atoms with Crippen LogP contribution >= 0.6 is 32.5 Å². The van der Waals surface area contributed by atoms with Crippen LogP contribution in [0.2, 0.25) is 0 Å². The van der Waals surface area contributed by atoms with Gasteiger partial charge in [0.2, 0.25) is 0 Å². The number of esters is 1. The Hall–Kier alpha value is -1.14. The number of hydrogen-bond donors (Lipinski definition) is 0. The number of ether oxygens (including phenoxy) is 1. The summed E-state index contributed by atoms with van der Waals surface area (Å²) >= 11 is 1.89. The van der Waals surface area contributed by atoms with Crippen molar-refractivity contribution in [3.8, 4) is 0 Å². The molecule has 0 atom stereocenters. The molecule has 98 valence electrons. The second-order valence-corrected chi connectivity index (χ2v) is 6.95. The third-order valence-corrected chi connectivity index (χ3v) is 4.89. The Balaban J connectivity index is 2.00. The second kappa shape index (κ2) is 7.45. The number of hydrogen-bond acceptors (Lipinski definition) is 3. The number of methoxy groups -OCH3 is 1. The minimum atomic E-state index is -0.338. The fraction of sp³-hybridized carbons (Fsp3) is 0.0667. The van der Waals surface area contributed by atoms with Crippen LogP contribution in [0, 0.1) is 0 Å². The summed E-state index contributed by atoms with van der Waals surface area (Å²) in [5, 5.41) is 0. The van der Waals surface area contributed by atoms with Crippen molar-refractivity contribution < 1.29 is 9.53 Å². The molecule has 0 unspecified atom stereocenters. The van der Waals surface area contributed by atoms with Gasteiger partial charge in [0.05, 0.1) is 7.11 Å². The molecule has 1 aliphatic heterocycles. The first kappa shape index (κ1) is 14.3. The summed E-state index contributed by atoms with van der Waals surface area (Å²) in [6, 6.07) is 8.09. The Kier molecular flexibility index (Phi) is 5.60. The molecule has 0 N–H and O–H groups in total. The lowest BCUT2D eigenvalue weighted by atomic mass is 10.2. The zero-order valence-corrected chi connectivity index (χ0v) is 13.4. The average molecular weight is 384 g/mol. The number of thioether (sulfide) groups is 1. The molecule has 0 saturated carbocycles. The summed E-state index contributed by atoms with van der Waals surface area (Å²) in [7, 11) is 1.37.